The van der Waals surface area contributed by atoms with E-state index in [1.54, 1.807) is 0 Å². The van der Waals surface area contributed by atoms with E-state index in [0.29, 0.717) is 6.42 Å². The molecular weight excluding hydrogens is 336 g/mol. The van der Waals surface area contributed by atoms with Crippen LogP contribution in [-0.4, -0.2) is 28.8 Å². The van der Waals surface area contributed by atoms with E-state index in [1.165, 1.54) is 70.6 Å². The van der Waals surface area contributed by atoms with Gasteiger partial charge in [-0.1, -0.05) is 77.0 Å². The predicted octanol–water partition coefficient (Wildman–Crippen LogP) is 3.70. The average Bonchev–Trinajstić information content (AvgIpc) is 2.59. The Morgan fingerprint density at radius 1 is 0.577 bits per heavy atom. The molecule has 8 nitrogen and oxygen atoms in total. The van der Waals surface area contributed by atoms with Crippen LogP contribution in [0.2, 0.25) is 0 Å². The molecule has 1 amide bonds. The summed E-state index contributed by atoms with van der Waals surface area (Å²) in [5.74, 6) is -0.679. The Kier molecular flexibility index (Phi) is 18.9. The van der Waals surface area contributed by atoms with E-state index in [9.17, 15) is 9.59 Å². The van der Waals surface area contributed by atoms with Gasteiger partial charge in [0, 0.05) is 13.0 Å². The van der Waals surface area contributed by atoms with E-state index >= 15 is 0 Å². The zero-order valence-corrected chi connectivity index (χ0v) is 16.0. The van der Waals surface area contributed by atoms with Crippen molar-refractivity contribution in [3.63, 3.8) is 0 Å². The molecule has 0 heterocycles. The van der Waals surface area contributed by atoms with Gasteiger partial charge in [0.2, 0.25) is 0 Å². The lowest BCUT2D eigenvalue weighted by Crippen LogP contribution is -2.52. The van der Waals surface area contributed by atoms with Gasteiger partial charge in [0.05, 0.1) is 0 Å². The van der Waals surface area contributed by atoms with E-state index in [1.807, 2.05) is 5.43 Å². The standard InChI is InChI=1S/C18H38N4O4/c23-17(24)15-13-11-9-7-5-3-1-2-4-6-8-10-12-14-16-19-21-22-20-18(25)26/h19-22H,1-16H2,(H,23,24)(H,25,26). The summed E-state index contributed by atoms with van der Waals surface area (Å²) < 4.78 is 0. The molecule has 0 aromatic carbocycles. The first-order valence-corrected chi connectivity index (χ1v) is 10.1. The number of hydrogen-bond donors (Lipinski definition) is 6. The van der Waals surface area contributed by atoms with Gasteiger partial charge in [-0.25, -0.2) is 15.6 Å². The van der Waals surface area contributed by atoms with E-state index in [2.05, 4.69) is 16.5 Å². The number of amides is 1. The van der Waals surface area contributed by atoms with Crippen LogP contribution in [0.4, 0.5) is 4.79 Å². The molecule has 0 rings (SSSR count). The summed E-state index contributed by atoms with van der Waals surface area (Å²) in [6.07, 6.45) is 16.1. The highest BCUT2D eigenvalue weighted by Crippen LogP contribution is 2.13. The monoisotopic (exact) mass is 374 g/mol. The van der Waals surface area contributed by atoms with Crippen molar-refractivity contribution in [1.29, 1.82) is 0 Å². The number of rotatable bonds is 20. The van der Waals surface area contributed by atoms with E-state index < -0.39 is 12.1 Å². The number of unbranched alkanes of at least 4 members (excludes halogenated alkanes) is 13. The Balaban J connectivity index is 3.01. The summed E-state index contributed by atoms with van der Waals surface area (Å²) >= 11 is 0. The van der Waals surface area contributed by atoms with Gasteiger partial charge in [-0.05, 0) is 12.8 Å². The Morgan fingerprint density at radius 2 is 1.00 bits per heavy atom. The van der Waals surface area contributed by atoms with Gasteiger partial charge >= 0.3 is 12.1 Å². The number of hydrogen-bond acceptors (Lipinski definition) is 5. The maximum absolute atomic E-state index is 10.4. The summed E-state index contributed by atoms with van der Waals surface area (Å²) in [6, 6.07) is 0. The molecule has 0 aliphatic carbocycles. The zero-order valence-electron chi connectivity index (χ0n) is 16.0. The average molecular weight is 375 g/mol. The minimum Gasteiger partial charge on any atom is -0.481 e. The fourth-order valence-electron chi connectivity index (χ4n) is 2.80. The third kappa shape index (κ3) is 22.6. The van der Waals surface area contributed by atoms with Crippen molar-refractivity contribution in [3.05, 3.63) is 0 Å². The highest BCUT2D eigenvalue weighted by atomic mass is 16.4. The summed E-state index contributed by atoms with van der Waals surface area (Å²) in [4.78, 5) is 20.5. The van der Waals surface area contributed by atoms with Gasteiger partial charge in [-0.2, -0.15) is 11.1 Å². The van der Waals surface area contributed by atoms with Crippen molar-refractivity contribution in [2.24, 2.45) is 0 Å². The zero-order chi connectivity index (χ0) is 19.3. The Bertz CT molecular complexity index is 311. The number of carboxylic acids is 1. The van der Waals surface area contributed by atoms with Gasteiger partial charge in [0.1, 0.15) is 0 Å². The highest BCUT2D eigenvalue weighted by molar-refractivity contribution is 5.66. The van der Waals surface area contributed by atoms with Crippen LogP contribution in [-0.2, 0) is 4.79 Å². The van der Waals surface area contributed by atoms with Crippen molar-refractivity contribution in [3.8, 4) is 0 Å². The van der Waals surface area contributed by atoms with Gasteiger partial charge in [0.15, 0.2) is 0 Å². The first-order chi connectivity index (χ1) is 12.6. The SMILES string of the molecule is O=C(O)CCCCCCCCCCCCCCCCNNNNC(=O)O. The van der Waals surface area contributed by atoms with Crippen molar-refractivity contribution < 1.29 is 19.8 Å². The fraction of sp³-hybridized carbons (Fsp3) is 0.889. The topological polar surface area (TPSA) is 123 Å². The summed E-state index contributed by atoms with van der Waals surface area (Å²) in [5.41, 5.74) is 9.72. The normalized spacial score (nSPS) is 10.8. The largest absolute Gasteiger partial charge is 0.481 e. The lowest BCUT2D eigenvalue weighted by molar-refractivity contribution is -0.137. The van der Waals surface area contributed by atoms with Gasteiger partial charge in [0.25, 0.3) is 0 Å². The number of carbonyl (C=O) groups is 2. The minimum absolute atomic E-state index is 0.314. The molecule has 0 unspecified atom stereocenters. The first-order valence-electron chi connectivity index (χ1n) is 10.1. The molecule has 0 bridgehead atoms. The minimum atomic E-state index is -1.13. The molecule has 0 saturated carbocycles. The Labute approximate surface area is 157 Å². The van der Waals surface area contributed by atoms with Crippen molar-refractivity contribution in [2.45, 2.75) is 96.3 Å². The summed E-state index contributed by atoms with van der Waals surface area (Å²) in [6.45, 7) is 0.796. The number of carboxylic acid groups (broad SMARTS) is 2. The van der Waals surface area contributed by atoms with Crippen LogP contribution in [0.1, 0.15) is 96.3 Å². The molecule has 26 heavy (non-hydrogen) atoms. The Morgan fingerprint density at radius 3 is 1.42 bits per heavy atom. The van der Waals surface area contributed by atoms with Crippen LogP contribution in [0, 0.1) is 0 Å². The molecule has 6 N–H and O–H groups in total. The summed E-state index contributed by atoms with van der Waals surface area (Å²) in [7, 11) is 0. The van der Waals surface area contributed by atoms with Gasteiger partial charge in [-0.15, -0.1) is 0 Å². The molecule has 0 saturated heterocycles. The van der Waals surface area contributed by atoms with Crippen molar-refractivity contribution in [2.75, 3.05) is 6.54 Å². The van der Waals surface area contributed by atoms with E-state index in [-0.39, 0.29) is 0 Å². The van der Waals surface area contributed by atoms with E-state index in [0.717, 1.165) is 25.8 Å². The van der Waals surface area contributed by atoms with Crippen molar-refractivity contribution >= 4 is 12.1 Å². The second kappa shape index (κ2) is 19.9. The molecule has 154 valence electrons. The number of nitrogens with one attached hydrogen (secondary N) is 4. The highest BCUT2D eigenvalue weighted by Gasteiger charge is 1.97. The maximum Gasteiger partial charge on any atom is 0.420 e. The van der Waals surface area contributed by atoms with Gasteiger partial charge < -0.3 is 10.2 Å². The molecule has 0 aromatic heterocycles. The lowest BCUT2D eigenvalue weighted by atomic mass is 10.0. The lowest BCUT2D eigenvalue weighted by Gasteiger charge is -2.07. The molecule has 0 aliphatic rings. The predicted molar refractivity (Wildman–Crippen MR) is 102 cm³/mol. The molecule has 0 radical (unpaired) electrons. The second-order valence-electron chi connectivity index (χ2n) is 6.70. The first kappa shape index (κ1) is 24.6. The quantitative estimate of drug-likeness (QED) is 0.142. The third-order valence-electron chi connectivity index (χ3n) is 4.26. The van der Waals surface area contributed by atoms with Crippen LogP contribution in [0.15, 0.2) is 0 Å². The van der Waals surface area contributed by atoms with Gasteiger partial charge in [-0.3, -0.25) is 4.79 Å². The van der Waals surface area contributed by atoms with Crippen LogP contribution in [0.3, 0.4) is 0 Å². The third-order valence-corrected chi connectivity index (χ3v) is 4.26. The smallest absolute Gasteiger partial charge is 0.420 e. The van der Waals surface area contributed by atoms with Crippen LogP contribution in [0.25, 0.3) is 0 Å². The molecule has 0 spiro atoms. The fourth-order valence-corrected chi connectivity index (χ4v) is 2.80. The molecule has 0 atom stereocenters. The molecule has 8 heteroatoms. The van der Waals surface area contributed by atoms with E-state index in [4.69, 9.17) is 10.2 Å². The Hall–Kier alpha value is -1.38. The number of hydrazine groups is 3. The van der Waals surface area contributed by atoms with Crippen molar-refractivity contribution in [1.82, 2.24) is 21.9 Å². The molecule has 0 fully saturated rings. The molecule has 0 aliphatic heterocycles. The molecular formula is C18H38N4O4. The maximum atomic E-state index is 10.4. The van der Waals surface area contributed by atoms with Crippen LogP contribution in [0.5, 0.6) is 0 Å². The summed E-state index contributed by atoms with van der Waals surface area (Å²) in [5, 5.41) is 16.9. The van der Waals surface area contributed by atoms with Crippen LogP contribution >= 0.6 is 0 Å². The molecule has 0 aromatic rings. The number of aliphatic carboxylic acids is 1. The second-order valence-corrected chi connectivity index (χ2v) is 6.70. The van der Waals surface area contributed by atoms with Crippen LogP contribution < -0.4 is 21.9 Å².